The van der Waals surface area contributed by atoms with E-state index in [9.17, 15) is 23.5 Å². The Kier molecular flexibility index (Phi) is 13.1. The van der Waals surface area contributed by atoms with Crippen LogP contribution >= 0.6 is 0 Å². The lowest BCUT2D eigenvalue weighted by atomic mass is 10.00. The number of rotatable bonds is 18. The first-order valence-corrected chi connectivity index (χ1v) is 16.3. The number of halogens is 2. The Morgan fingerprint density at radius 2 is 1.57 bits per heavy atom. The predicted octanol–water partition coefficient (Wildman–Crippen LogP) is 5.61. The zero-order valence-corrected chi connectivity index (χ0v) is 27.1. The third-order valence-electron chi connectivity index (χ3n) is 8.69. The Hall–Kier alpha value is -3.82. The van der Waals surface area contributed by atoms with Gasteiger partial charge in [0.15, 0.2) is 0 Å². The molecule has 0 aromatic heterocycles. The predicted molar refractivity (Wildman–Crippen MR) is 175 cm³/mol. The van der Waals surface area contributed by atoms with E-state index < -0.39 is 23.8 Å². The first-order chi connectivity index (χ1) is 22.2. The number of hydrogen-bond acceptors (Lipinski definition) is 5. The van der Waals surface area contributed by atoms with E-state index in [2.05, 4.69) is 24.5 Å². The average molecular weight is 636 g/mol. The van der Waals surface area contributed by atoms with Crippen LogP contribution in [0.5, 0.6) is 5.75 Å². The number of benzene rings is 3. The monoisotopic (exact) mass is 635 g/mol. The number of aliphatic hydroxyl groups excluding tert-OH is 1. The standard InChI is InChI=1S/C37H47F2N3O4/c1-4-14-42(15-5-2)36(45)22-32-31(37(32)27-11-7-6-8-12-27)21-35(44)41-33(19-26-16-28(38)20-29(39)17-26)34(43)24-40-23-25-10-9-13-30(18-25)46-3/h6-13,16-18,20,31-34,37,40,43H,4-5,14-15,19,21-24H2,1-3H3,(H,41,44)/t31-,32+,33-,34+,37-/m0/s1. The number of hydrogen-bond donors (Lipinski definition) is 3. The van der Waals surface area contributed by atoms with Gasteiger partial charge in [-0.3, -0.25) is 9.59 Å². The van der Waals surface area contributed by atoms with Crippen molar-refractivity contribution in [1.29, 1.82) is 0 Å². The molecular formula is C37H47F2N3O4. The number of amides is 2. The molecule has 46 heavy (non-hydrogen) atoms. The molecule has 3 aromatic rings. The second-order valence-electron chi connectivity index (χ2n) is 12.3. The summed E-state index contributed by atoms with van der Waals surface area (Å²) in [4.78, 5) is 28.7. The van der Waals surface area contributed by atoms with Crippen LogP contribution in [0.25, 0.3) is 0 Å². The normalized spacial score (nSPS) is 18.4. The Bertz CT molecular complexity index is 1400. The van der Waals surface area contributed by atoms with Crippen LogP contribution in [-0.2, 0) is 22.6 Å². The SMILES string of the molecule is CCCN(CCC)C(=O)C[C@@H]1[C@H](CC(=O)N[C@@H](Cc2cc(F)cc(F)c2)[C@H](O)CNCc2cccc(OC)c2)[C@@H]1c1ccccc1. The molecule has 0 aliphatic heterocycles. The summed E-state index contributed by atoms with van der Waals surface area (Å²) >= 11 is 0. The fourth-order valence-electron chi connectivity index (χ4n) is 6.44. The van der Waals surface area contributed by atoms with Gasteiger partial charge in [-0.15, -0.1) is 0 Å². The van der Waals surface area contributed by atoms with Crippen molar-refractivity contribution >= 4 is 11.8 Å². The van der Waals surface area contributed by atoms with Crippen molar-refractivity contribution in [3.63, 3.8) is 0 Å². The summed E-state index contributed by atoms with van der Waals surface area (Å²) in [5, 5.41) is 17.4. The summed E-state index contributed by atoms with van der Waals surface area (Å²) in [6.07, 6.45) is 1.33. The van der Waals surface area contributed by atoms with Crippen LogP contribution in [0, 0.1) is 23.5 Å². The first kappa shape index (κ1) is 35.0. The highest BCUT2D eigenvalue weighted by Crippen LogP contribution is 2.57. The minimum absolute atomic E-state index is 0.0297. The molecule has 0 heterocycles. The Balaban J connectivity index is 1.45. The molecular weight excluding hydrogens is 588 g/mol. The van der Waals surface area contributed by atoms with Crippen LogP contribution in [0.15, 0.2) is 72.8 Å². The first-order valence-electron chi connectivity index (χ1n) is 16.3. The second kappa shape index (κ2) is 17.2. The molecule has 3 N–H and O–H groups in total. The van der Waals surface area contributed by atoms with Gasteiger partial charge < -0.3 is 25.4 Å². The number of carbonyl (C=O) groups is 2. The lowest BCUT2D eigenvalue weighted by Crippen LogP contribution is -2.48. The van der Waals surface area contributed by atoms with E-state index in [0.29, 0.717) is 31.6 Å². The van der Waals surface area contributed by atoms with Gasteiger partial charge >= 0.3 is 0 Å². The van der Waals surface area contributed by atoms with Gasteiger partial charge in [0.25, 0.3) is 0 Å². The van der Waals surface area contributed by atoms with Gasteiger partial charge in [0, 0.05) is 45.1 Å². The fraction of sp³-hybridized carbons (Fsp3) is 0.459. The lowest BCUT2D eigenvalue weighted by molar-refractivity contribution is -0.132. The summed E-state index contributed by atoms with van der Waals surface area (Å²) in [6.45, 7) is 6.14. The number of carbonyl (C=O) groups excluding carboxylic acids is 2. The molecule has 0 spiro atoms. The highest BCUT2D eigenvalue weighted by atomic mass is 19.1. The molecule has 1 aliphatic carbocycles. The lowest BCUT2D eigenvalue weighted by Gasteiger charge is -2.25. The van der Waals surface area contributed by atoms with Crippen LogP contribution in [0.1, 0.15) is 62.1 Å². The molecule has 0 radical (unpaired) electrons. The van der Waals surface area contributed by atoms with Gasteiger partial charge in [-0.2, -0.15) is 0 Å². The average Bonchev–Trinajstić information content (AvgIpc) is 3.70. The summed E-state index contributed by atoms with van der Waals surface area (Å²) in [6, 6.07) is 19.9. The largest absolute Gasteiger partial charge is 0.497 e. The summed E-state index contributed by atoms with van der Waals surface area (Å²) in [5.74, 6) is -0.811. The maximum atomic E-state index is 14.0. The highest BCUT2D eigenvalue weighted by molar-refractivity contribution is 5.79. The van der Waals surface area contributed by atoms with Crippen molar-refractivity contribution < 1.29 is 28.2 Å². The number of nitrogens with one attached hydrogen (secondary N) is 2. The van der Waals surface area contributed by atoms with Crippen LogP contribution in [0.2, 0.25) is 0 Å². The van der Waals surface area contributed by atoms with E-state index in [1.54, 1.807) is 7.11 Å². The van der Waals surface area contributed by atoms with Crippen molar-refractivity contribution in [2.75, 3.05) is 26.7 Å². The van der Waals surface area contributed by atoms with E-state index in [0.717, 1.165) is 35.8 Å². The molecule has 1 saturated carbocycles. The van der Waals surface area contributed by atoms with Crippen LogP contribution in [0.3, 0.4) is 0 Å². The quantitative estimate of drug-likeness (QED) is 0.169. The second-order valence-corrected chi connectivity index (χ2v) is 12.3. The minimum atomic E-state index is -1.04. The molecule has 2 amide bonds. The van der Waals surface area contributed by atoms with Gasteiger partial charge in [0.2, 0.25) is 11.8 Å². The molecule has 9 heteroatoms. The summed E-state index contributed by atoms with van der Waals surface area (Å²) in [7, 11) is 1.59. The molecule has 3 aromatic carbocycles. The Morgan fingerprint density at radius 1 is 0.891 bits per heavy atom. The zero-order chi connectivity index (χ0) is 33.1. The van der Waals surface area contributed by atoms with Crippen molar-refractivity contribution in [2.24, 2.45) is 11.8 Å². The van der Waals surface area contributed by atoms with Gasteiger partial charge in [-0.1, -0.05) is 56.3 Å². The van der Waals surface area contributed by atoms with E-state index in [1.165, 1.54) is 12.1 Å². The minimum Gasteiger partial charge on any atom is -0.497 e. The smallest absolute Gasteiger partial charge is 0.222 e. The van der Waals surface area contributed by atoms with Crippen molar-refractivity contribution in [1.82, 2.24) is 15.5 Å². The van der Waals surface area contributed by atoms with Crippen molar-refractivity contribution in [3.05, 3.63) is 101 Å². The van der Waals surface area contributed by atoms with E-state index in [4.69, 9.17) is 4.74 Å². The van der Waals surface area contributed by atoms with Crippen LogP contribution in [0.4, 0.5) is 8.78 Å². The third kappa shape index (κ3) is 10.1. The Morgan fingerprint density at radius 3 is 2.22 bits per heavy atom. The third-order valence-corrected chi connectivity index (χ3v) is 8.69. The van der Waals surface area contributed by atoms with Crippen LogP contribution < -0.4 is 15.4 Å². The number of aliphatic hydroxyl groups is 1. The molecule has 1 aliphatic rings. The Labute approximate surface area is 271 Å². The van der Waals surface area contributed by atoms with E-state index >= 15 is 0 Å². The summed E-state index contributed by atoms with van der Waals surface area (Å²) < 4.78 is 33.3. The number of methoxy groups -OCH3 is 1. The number of ether oxygens (including phenoxy) is 1. The van der Waals surface area contributed by atoms with E-state index in [1.807, 2.05) is 59.5 Å². The van der Waals surface area contributed by atoms with Gasteiger partial charge in [-0.05, 0) is 78.0 Å². The molecule has 1 fully saturated rings. The van der Waals surface area contributed by atoms with Gasteiger partial charge in [-0.25, -0.2) is 8.78 Å². The number of nitrogens with zero attached hydrogens (tertiary/aromatic N) is 1. The van der Waals surface area contributed by atoms with E-state index in [-0.39, 0.29) is 49.0 Å². The van der Waals surface area contributed by atoms with Gasteiger partial charge in [0.05, 0.1) is 19.3 Å². The van der Waals surface area contributed by atoms with Crippen molar-refractivity contribution in [3.8, 4) is 5.75 Å². The molecule has 4 rings (SSSR count). The maximum Gasteiger partial charge on any atom is 0.222 e. The molecule has 248 valence electrons. The van der Waals surface area contributed by atoms with Gasteiger partial charge in [0.1, 0.15) is 17.4 Å². The molecule has 5 atom stereocenters. The molecule has 7 nitrogen and oxygen atoms in total. The topological polar surface area (TPSA) is 90.9 Å². The fourth-order valence-corrected chi connectivity index (χ4v) is 6.44. The molecule has 0 unspecified atom stereocenters. The van der Waals surface area contributed by atoms with Crippen molar-refractivity contribution in [2.45, 2.75) is 70.6 Å². The maximum absolute atomic E-state index is 14.0. The molecule has 0 saturated heterocycles. The zero-order valence-electron chi connectivity index (χ0n) is 27.1. The van der Waals surface area contributed by atoms with Crippen LogP contribution in [-0.4, -0.2) is 60.7 Å². The molecule has 0 bridgehead atoms. The summed E-state index contributed by atoms with van der Waals surface area (Å²) in [5.41, 5.74) is 2.39. The highest BCUT2D eigenvalue weighted by Gasteiger charge is 2.52.